The van der Waals surface area contributed by atoms with Crippen LogP contribution < -0.4 is 5.32 Å². The molecule has 0 saturated heterocycles. The summed E-state index contributed by atoms with van der Waals surface area (Å²) in [4.78, 5) is 2.47. The second kappa shape index (κ2) is 7.53. The Bertz CT molecular complexity index is 998. The minimum absolute atomic E-state index is 0.0804. The Kier molecular flexibility index (Phi) is 5.81. The summed E-state index contributed by atoms with van der Waals surface area (Å²) in [5, 5.41) is 11.5. The van der Waals surface area contributed by atoms with Crippen molar-refractivity contribution in [1.82, 2.24) is 4.98 Å². The lowest BCUT2D eigenvalue weighted by Gasteiger charge is -2.08. The summed E-state index contributed by atoms with van der Waals surface area (Å²) in [5.74, 6) is -0.0804. The van der Waals surface area contributed by atoms with Crippen LogP contribution in [-0.2, 0) is 16.0 Å². The van der Waals surface area contributed by atoms with Gasteiger partial charge in [-0.3, -0.25) is 0 Å². The Balaban J connectivity index is 2.31. The highest BCUT2D eigenvalue weighted by molar-refractivity contribution is 7.95. The second-order valence-corrected chi connectivity index (χ2v) is 7.50. The number of benzene rings is 1. The predicted molar refractivity (Wildman–Crippen MR) is 90.2 cm³/mol. The van der Waals surface area contributed by atoms with E-state index in [2.05, 4.69) is 10.3 Å². The Labute approximate surface area is 156 Å². The molecule has 26 heavy (non-hydrogen) atoms. The lowest BCUT2D eigenvalue weighted by molar-refractivity contribution is -0.137. The number of anilines is 1. The molecule has 1 N–H and O–H groups in total. The largest absolute Gasteiger partial charge is 0.417 e. The number of nitriles is 1. The van der Waals surface area contributed by atoms with Crippen molar-refractivity contribution in [3.63, 3.8) is 0 Å². The van der Waals surface area contributed by atoms with E-state index in [0.717, 1.165) is 24.4 Å². The van der Waals surface area contributed by atoms with Gasteiger partial charge >= 0.3 is 6.18 Å². The van der Waals surface area contributed by atoms with Crippen LogP contribution in [0.15, 0.2) is 52.5 Å². The number of rotatable bonds is 4. The molecule has 0 saturated carbocycles. The Hall–Kier alpha value is -2.28. The quantitative estimate of drug-likeness (QED) is 0.725. The molecule has 0 aliphatic rings. The second-order valence-electron chi connectivity index (χ2n) is 4.77. The molecule has 0 radical (unpaired) electrons. The van der Waals surface area contributed by atoms with Gasteiger partial charge in [0.25, 0.3) is 0 Å². The number of sulfone groups is 1. The van der Waals surface area contributed by atoms with E-state index in [9.17, 15) is 21.6 Å². The third kappa shape index (κ3) is 4.46. The lowest BCUT2D eigenvalue weighted by Crippen LogP contribution is -2.08. The van der Waals surface area contributed by atoms with Gasteiger partial charge in [0.2, 0.25) is 9.84 Å². The maximum Gasteiger partial charge on any atom is 0.417 e. The van der Waals surface area contributed by atoms with Gasteiger partial charge in [-0.15, -0.1) is 0 Å². The third-order valence-electron chi connectivity index (χ3n) is 3.03. The molecule has 1 heterocycles. The minimum atomic E-state index is -4.55. The number of halogens is 5. The van der Waals surface area contributed by atoms with Crippen molar-refractivity contribution >= 4 is 38.9 Å². The van der Waals surface area contributed by atoms with Crippen LogP contribution in [0.1, 0.15) is 5.56 Å². The fourth-order valence-electron chi connectivity index (χ4n) is 1.77. The van der Waals surface area contributed by atoms with E-state index in [1.54, 1.807) is 0 Å². The monoisotopic (exact) mass is 421 g/mol. The summed E-state index contributed by atoms with van der Waals surface area (Å²) in [5.41, 5.74) is -0.965. The first-order chi connectivity index (χ1) is 12.1. The molecule has 0 spiro atoms. The Morgan fingerprint density at radius 2 is 1.92 bits per heavy atom. The molecule has 11 heteroatoms. The van der Waals surface area contributed by atoms with Gasteiger partial charge in [0.1, 0.15) is 11.9 Å². The van der Waals surface area contributed by atoms with E-state index in [1.165, 1.54) is 18.2 Å². The number of nitrogens with zero attached hydrogens (tertiary/aromatic N) is 2. The van der Waals surface area contributed by atoms with Gasteiger partial charge in [0.15, 0.2) is 4.91 Å². The standard InChI is InChI=1S/C15H8Cl2F3N3O2S/c16-10-2-3-13(12(17)5-10)26(24,25)11(6-21)8-23-14-4-1-9(7-22-14)15(18,19)20/h1-5,7-8H,(H,22,23)/b11-8+. The van der Waals surface area contributed by atoms with Crippen LogP contribution in [0.3, 0.4) is 0 Å². The molecule has 1 aromatic heterocycles. The fraction of sp³-hybridized carbons (Fsp3) is 0.0667. The van der Waals surface area contributed by atoms with Gasteiger partial charge in [-0.1, -0.05) is 23.2 Å². The molecule has 0 aliphatic carbocycles. The van der Waals surface area contributed by atoms with Crippen LogP contribution in [0.25, 0.3) is 0 Å². The van der Waals surface area contributed by atoms with Crippen LogP contribution in [0.4, 0.5) is 19.0 Å². The third-order valence-corrected chi connectivity index (χ3v) is 5.41. The first-order valence-electron chi connectivity index (χ1n) is 6.66. The van der Waals surface area contributed by atoms with E-state index in [4.69, 9.17) is 28.5 Å². The van der Waals surface area contributed by atoms with Crippen LogP contribution >= 0.6 is 23.2 Å². The fourth-order valence-corrected chi connectivity index (χ4v) is 3.62. The molecule has 0 unspecified atom stereocenters. The van der Waals surface area contributed by atoms with Crippen molar-refractivity contribution in [1.29, 1.82) is 5.26 Å². The smallest absolute Gasteiger partial charge is 0.345 e. The minimum Gasteiger partial charge on any atom is -0.345 e. The van der Waals surface area contributed by atoms with Crippen molar-refractivity contribution in [2.24, 2.45) is 0 Å². The Morgan fingerprint density at radius 3 is 2.42 bits per heavy atom. The lowest BCUT2D eigenvalue weighted by atomic mass is 10.3. The van der Waals surface area contributed by atoms with E-state index < -0.39 is 26.5 Å². The van der Waals surface area contributed by atoms with Crippen molar-refractivity contribution in [2.45, 2.75) is 11.1 Å². The molecular formula is C15H8Cl2F3N3O2S. The van der Waals surface area contributed by atoms with Crippen LogP contribution in [0.5, 0.6) is 0 Å². The van der Waals surface area contributed by atoms with Crippen LogP contribution in [0, 0.1) is 11.3 Å². The Morgan fingerprint density at radius 1 is 1.23 bits per heavy atom. The highest BCUT2D eigenvalue weighted by atomic mass is 35.5. The maximum atomic E-state index is 12.5. The molecule has 0 aliphatic heterocycles. The summed E-state index contributed by atoms with van der Waals surface area (Å²) < 4.78 is 62.4. The molecule has 0 bridgehead atoms. The van der Waals surface area contributed by atoms with Gasteiger partial charge in [-0.2, -0.15) is 18.4 Å². The van der Waals surface area contributed by atoms with Gasteiger partial charge in [-0.25, -0.2) is 13.4 Å². The van der Waals surface area contributed by atoms with Gasteiger partial charge in [0.05, 0.1) is 15.5 Å². The molecule has 2 rings (SSSR count). The number of allylic oxidation sites excluding steroid dienone is 1. The maximum absolute atomic E-state index is 12.5. The molecule has 136 valence electrons. The zero-order valence-corrected chi connectivity index (χ0v) is 14.9. The summed E-state index contributed by atoms with van der Waals surface area (Å²) in [7, 11) is -4.26. The van der Waals surface area contributed by atoms with Crippen molar-refractivity contribution < 1.29 is 21.6 Å². The molecule has 0 amide bonds. The van der Waals surface area contributed by atoms with Crippen LogP contribution in [0.2, 0.25) is 10.0 Å². The summed E-state index contributed by atoms with van der Waals surface area (Å²) >= 11 is 11.6. The number of nitrogens with one attached hydrogen (secondary N) is 1. The molecule has 2 aromatic rings. The van der Waals surface area contributed by atoms with Crippen molar-refractivity contribution in [3.05, 3.63) is 63.2 Å². The predicted octanol–water partition coefficient (Wildman–Crippen LogP) is 4.66. The summed E-state index contributed by atoms with van der Waals surface area (Å²) in [6, 6.07) is 6.90. The van der Waals surface area contributed by atoms with E-state index in [1.807, 2.05) is 0 Å². The number of pyridine rings is 1. The topological polar surface area (TPSA) is 82.8 Å². The number of hydrogen-bond donors (Lipinski definition) is 1. The number of alkyl halides is 3. The molecule has 1 aromatic carbocycles. The molecule has 0 fully saturated rings. The zero-order valence-electron chi connectivity index (χ0n) is 12.6. The van der Waals surface area contributed by atoms with E-state index >= 15 is 0 Å². The molecule has 5 nitrogen and oxygen atoms in total. The van der Waals surface area contributed by atoms with E-state index in [0.29, 0.717) is 6.20 Å². The van der Waals surface area contributed by atoms with Gasteiger partial charge in [0, 0.05) is 17.4 Å². The van der Waals surface area contributed by atoms with Gasteiger partial charge in [-0.05, 0) is 30.3 Å². The van der Waals surface area contributed by atoms with E-state index in [-0.39, 0.29) is 20.8 Å². The number of hydrogen-bond acceptors (Lipinski definition) is 5. The van der Waals surface area contributed by atoms with Gasteiger partial charge < -0.3 is 5.32 Å². The van der Waals surface area contributed by atoms with Crippen molar-refractivity contribution in [2.75, 3.05) is 5.32 Å². The summed E-state index contributed by atoms with van der Waals surface area (Å²) in [6.07, 6.45) is -3.16. The first kappa shape index (κ1) is 20.0. The highest BCUT2D eigenvalue weighted by Crippen LogP contribution is 2.30. The molecular weight excluding hydrogens is 414 g/mol. The van der Waals surface area contributed by atoms with Crippen LogP contribution in [-0.4, -0.2) is 13.4 Å². The SMILES string of the molecule is N#C/C(=C\Nc1ccc(C(F)(F)F)cn1)S(=O)(=O)c1ccc(Cl)cc1Cl. The molecule has 0 atom stereocenters. The number of aromatic nitrogens is 1. The average Bonchev–Trinajstić information content (AvgIpc) is 2.54. The normalized spacial score (nSPS) is 12.5. The summed E-state index contributed by atoms with van der Waals surface area (Å²) in [6.45, 7) is 0. The van der Waals surface area contributed by atoms with Crippen molar-refractivity contribution in [3.8, 4) is 6.07 Å². The highest BCUT2D eigenvalue weighted by Gasteiger charge is 2.30. The zero-order chi connectivity index (χ0) is 19.5. The first-order valence-corrected chi connectivity index (χ1v) is 8.90. The average molecular weight is 422 g/mol.